The van der Waals surface area contributed by atoms with Crippen molar-refractivity contribution >= 4 is 5.91 Å². The highest BCUT2D eigenvalue weighted by atomic mass is 19.1. The van der Waals surface area contributed by atoms with Crippen molar-refractivity contribution in [1.29, 1.82) is 0 Å². The molecule has 4 heteroatoms. The Bertz CT molecular complexity index is 825. The van der Waals surface area contributed by atoms with Gasteiger partial charge in [-0.2, -0.15) is 0 Å². The standard InChI is InChI=1S/C25H32FNO2/c1-4-24(3)19-25(15-17-29-24,22-11-6-5-7-12-22)14-16-27(20(2)28)18-21-10-8-9-13-23(21)26/h5-13H,4,14-19H2,1-3H3/t24-,25+/m1/s1. The summed E-state index contributed by atoms with van der Waals surface area (Å²) in [5.41, 5.74) is 1.65. The van der Waals surface area contributed by atoms with Crippen LogP contribution in [-0.4, -0.2) is 29.6 Å². The molecule has 0 radical (unpaired) electrons. The highest BCUT2D eigenvalue weighted by Gasteiger charge is 2.43. The summed E-state index contributed by atoms with van der Waals surface area (Å²) in [5.74, 6) is -0.289. The fraction of sp³-hybridized carbons (Fsp3) is 0.480. The molecule has 0 aromatic heterocycles. The van der Waals surface area contributed by atoms with E-state index in [0.29, 0.717) is 25.3 Å². The van der Waals surface area contributed by atoms with Crippen molar-refractivity contribution in [3.05, 3.63) is 71.5 Å². The summed E-state index contributed by atoms with van der Waals surface area (Å²) in [6.07, 6.45) is 3.64. The van der Waals surface area contributed by atoms with Crippen LogP contribution in [0.3, 0.4) is 0 Å². The van der Waals surface area contributed by atoms with Crippen LogP contribution in [0.2, 0.25) is 0 Å². The van der Waals surface area contributed by atoms with Crippen molar-refractivity contribution in [1.82, 2.24) is 4.90 Å². The third-order valence-corrected chi connectivity index (χ3v) is 6.50. The zero-order valence-corrected chi connectivity index (χ0v) is 17.8. The Morgan fingerprint density at radius 3 is 2.48 bits per heavy atom. The average molecular weight is 398 g/mol. The van der Waals surface area contributed by atoms with Crippen LogP contribution in [0.25, 0.3) is 0 Å². The summed E-state index contributed by atoms with van der Waals surface area (Å²) in [7, 11) is 0. The van der Waals surface area contributed by atoms with Gasteiger partial charge >= 0.3 is 0 Å². The summed E-state index contributed by atoms with van der Waals surface area (Å²) >= 11 is 0. The monoisotopic (exact) mass is 397 g/mol. The molecule has 1 saturated heterocycles. The Hall–Kier alpha value is -2.20. The van der Waals surface area contributed by atoms with Gasteiger partial charge in [-0.25, -0.2) is 4.39 Å². The van der Waals surface area contributed by atoms with Crippen molar-refractivity contribution in [3.63, 3.8) is 0 Å². The van der Waals surface area contributed by atoms with Gasteiger partial charge in [0.15, 0.2) is 0 Å². The molecule has 0 spiro atoms. The number of benzene rings is 2. The first-order valence-corrected chi connectivity index (χ1v) is 10.6. The first kappa shape index (κ1) is 21.5. The number of nitrogens with zero attached hydrogens (tertiary/aromatic N) is 1. The first-order valence-electron chi connectivity index (χ1n) is 10.6. The Balaban J connectivity index is 1.83. The minimum atomic E-state index is -0.263. The number of halogens is 1. The lowest BCUT2D eigenvalue weighted by Gasteiger charge is -2.47. The van der Waals surface area contributed by atoms with Crippen molar-refractivity contribution in [2.75, 3.05) is 13.2 Å². The van der Waals surface area contributed by atoms with Crippen LogP contribution in [0.5, 0.6) is 0 Å². The quantitative estimate of drug-likeness (QED) is 0.619. The smallest absolute Gasteiger partial charge is 0.219 e. The molecule has 0 N–H and O–H groups in total. The van der Waals surface area contributed by atoms with Crippen molar-refractivity contribution < 1.29 is 13.9 Å². The minimum Gasteiger partial charge on any atom is -0.375 e. The SMILES string of the molecule is CC[C@]1(C)C[C@@](CCN(Cc2ccccc2F)C(C)=O)(c2ccccc2)CCO1. The molecular formula is C25H32FNO2. The van der Waals surface area contributed by atoms with E-state index < -0.39 is 0 Å². The Kier molecular flexibility index (Phi) is 6.74. The van der Waals surface area contributed by atoms with E-state index in [1.54, 1.807) is 24.0 Å². The molecule has 3 nitrogen and oxygen atoms in total. The number of hydrogen-bond donors (Lipinski definition) is 0. The Labute approximate surface area is 173 Å². The number of hydrogen-bond acceptors (Lipinski definition) is 2. The van der Waals surface area contributed by atoms with Crippen LogP contribution in [-0.2, 0) is 21.5 Å². The van der Waals surface area contributed by atoms with E-state index in [0.717, 1.165) is 25.7 Å². The van der Waals surface area contributed by atoms with Crippen molar-refractivity contribution in [2.24, 2.45) is 0 Å². The Morgan fingerprint density at radius 1 is 1.14 bits per heavy atom. The maximum Gasteiger partial charge on any atom is 0.219 e. The molecule has 0 saturated carbocycles. The second-order valence-corrected chi connectivity index (χ2v) is 8.51. The highest BCUT2D eigenvalue weighted by molar-refractivity contribution is 5.73. The van der Waals surface area contributed by atoms with Gasteiger partial charge < -0.3 is 9.64 Å². The molecule has 2 aromatic carbocycles. The van der Waals surface area contributed by atoms with Crippen LogP contribution in [0.1, 0.15) is 57.6 Å². The lowest BCUT2D eigenvalue weighted by Crippen LogP contribution is -2.47. The van der Waals surface area contributed by atoms with E-state index in [1.807, 2.05) is 12.1 Å². The largest absolute Gasteiger partial charge is 0.375 e. The van der Waals surface area contributed by atoms with Gasteiger partial charge in [-0.3, -0.25) is 4.79 Å². The van der Waals surface area contributed by atoms with Crippen LogP contribution in [0.4, 0.5) is 4.39 Å². The molecule has 1 amide bonds. The molecule has 1 fully saturated rings. The van der Waals surface area contributed by atoms with E-state index in [-0.39, 0.29) is 22.7 Å². The van der Waals surface area contributed by atoms with E-state index in [4.69, 9.17) is 4.74 Å². The summed E-state index contributed by atoms with van der Waals surface area (Å²) in [6.45, 7) is 7.53. The van der Waals surface area contributed by atoms with Gasteiger partial charge in [-0.05, 0) is 44.2 Å². The Morgan fingerprint density at radius 2 is 1.83 bits per heavy atom. The maximum atomic E-state index is 14.1. The van der Waals surface area contributed by atoms with Crippen LogP contribution in [0.15, 0.2) is 54.6 Å². The van der Waals surface area contributed by atoms with Gasteiger partial charge in [-0.15, -0.1) is 0 Å². The molecule has 1 aliphatic heterocycles. The molecule has 2 aromatic rings. The number of amides is 1. The van der Waals surface area contributed by atoms with E-state index in [2.05, 4.69) is 38.1 Å². The fourth-order valence-electron chi connectivity index (χ4n) is 4.50. The molecule has 0 bridgehead atoms. The zero-order chi connectivity index (χ0) is 20.9. The molecular weight excluding hydrogens is 365 g/mol. The highest BCUT2D eigenvalue weighted by Crippen LogP contribution is 2.45. The van der Waals surface area contributed by atoms with Gasteiger partial charge in [0.05, 0.1) is 5.60 Å². The summed E-state index contributed by atoms with van der Waals surface area (Å²) in [5, 5.41) is 0. The number of carbonyl (C=O) groups excluding carboxylic acids is 1. The lowest BCUT2D eigenvalue weighted by atomic mass is 9.66. The van der Waals surface area contributed by atoms with Crippen LogP contribution in [0, 0.1) is 5.82 Å². The van der Waals surface area contributed by atoms with Crippen molar-refractivity contribution in [3.8, 4) is 0 Å². The second kappa shape index (κ2) is 9.08. The minimum absolute atomic E-state index is 0.0261. The third-order valence-electron chi connectivity index (χ3n) is 6.50. The molecule has 0 unspecified atom stereocenters. The molecule has 29 heavy (non-hydrogen) atoms. The zero-order valence-electron chi connectivity index (χ0n) is 17.8. The summed E-state index contributed by atoms with van der Waals surface area (Å²) in [6, 6.07) is 17.3. The van der Waals surface area contributed by atoms with Crippen LogP contribution < -0.4 is 0 Å². The van der Waals surface area contributed by atoms with Gasteiger partial charge in [-0.1, -0.05) is 55.5 Å². The number of ether oxygens (including phenoxy) is 1. The predicted molar refractivity (Wildman–Crippen MR) is 114 cm³/mol. The van der Waals surface area contributed by atoms with Gasteiger partial charge in [0.2, 0.25) is 5.91 Å². The van der Waals surface area contributed by atoms with E-state index >= 15 is 0 Å². The van der Waals surface area contributed by atoms with E-state index in [9.17, 15) is 9.18 Å². The molecule has 1 aliphatic rings. The lowest BCUT2D eigenvalue weighted by molar-refractivity contribution is -0.130. The average Bonchev–Trinajstić information content (AvgIpc) is 2.73. The third kappa shape index (κ3) is 5.05. The number of rotatable bonds is 7. The second-order valence-electron chi connectivity index (χ2n) is 8.51. The van der Waals surface area contributed by atoms with E-state index in [1.165, 1.54) is 11.6 Å². The normalized spacial score (nSPS) is 24.3. The first-order chi connectivity index (χ1) is 13.9. The maximum absolute atomic E-state index is 14.1. The fourth-order valence-corrected chi connectivity index (χ4v) is 4.50. The molecule has 156 valence electrons. The van der Waals surface area contributed by atoms with Gasteiger partial charge in [0.1, 0.15) is 5.82 Å². The van der Waals surface area contributed by atoms with Gasteiger partial charge in [0.25, 0.3) is 0 Å². The molecule has 1 heterocycles. The molecule has 3 rings (SSSR count). The number of carbonyl (C=O) groups is 1. The van der Waals surface area contributed by atoms with Crippen LogP contribution >= 0.6 is 0 Å². The topological polar surface area (TPSA) is 29.5 Å². The summed E-state index contributed by atoms with van der Waals surface area (Å²) < 4.78 is 20.3. The molecule has 2 atom stereocenters. The molecule has 0 aliphatic carbocycles. The van der Waals surface area contributed by atoms with Gasteiger partial charge in [0, 0.05) is 37.6 Å². The van der Waals surface area contributed by atoms with Crippen molar-refractivity contribution in [2.45, 2.75) is 64.0 Å². The summed E-state index contributed by atoms with van der Waals surface area (Å²) in [4.78, 5) is 14.1. The predicted octanol–water partition coefficient (Wildman–Crippen LogP) is 5.48.